The maximum absolute atomic E-state index is 13.9. The molecular weight excluding hydrogens is 597 g/mol. The summed E-state index contributed by atoms with van der Waals surface area (Å²) in [5.41, 5.74) is -0.689. The third kappa shape index (κ3) is 8.26. The molecule has 1 unspecified atom stereocenters. The van der Waals surface area contributed by atoms with Crippen LogP contribution in [0, 0.1) is 17.2 Å². The summed E-state index contributed by atoms with van der Waals surface area (Å²) < 4.78 is 75.5. The van der Waals surface area contributed by atoms with Gasteiger partial charge in [0.25, 0.3) is 0 Å². The Morgan fingerprint density at radius 3 is 2.53 bits per heavy atom. The number of pyridine rings is 1. The summed E-state index contributed by atoms with van der Waals surface area (Å²) in [6, 6.07) is 3.74. The van der Waals surface area contributed by atoms with Crippen LogP contribution in [0.2, 0.25) is 0 Å². The molecule has 1 saturated carbocycles. The summed E-state index contributed by atoms with van der Waals surface area (Å²) in [7, 11) is 0. The number of alkyl halides is 5. The smallest absolute Gasteiger partial charge is 0.408 e. The van der Waals surface area contributed by atoms with Gasteiger partial charge in [0.1, 0.15) is 29.1 Å². The van der Waals surface area contributed by atoms with Gasteiger partial charge in [-0.15, -0.1) is 21.5 Å². The van der Waals surface area contributed by atoms with Gasteiger partial charge in [0.2, 0.25) is 5.92 Å². The van der Waals surface area contributed by atoms with Gasteiger partial charge < -0.3 is 15.4 Å². The molecule has 0 aromatic carbocycles. The number of fused-ring (bicyclic) bond motifs is 1. The number of ether oxygens (including phenoxy) is 1. The lowest BCUT2D eigenvalue weighted by molar-refractivity contribution is -0.137. The van der Waals surface area contributed by atoms with Gasteiger partial charge >= 0.3 is 12.3 Å². The molecular formula is C27H28F5N7O3S. The van der Waals surface area contributed by atoms with Crippen molar-refractivity contribution in [2.24, 2.45) is 5.92 Å². The topological polar surface area (TPSA) is 134 Å². The first kappa shape index (κ1) is 31.8. The van der Waals surface area contributed by atoms with Crippen molar-refractivity contribution in [2.75, 3.05) is 5.32 Å². The predicted octanol–water partition coefficient (Wildman–Crippen LogP) is 5.99. The van der Waals surface area contributed by atoms with Gasteiger partial charge in [0, 0.05) is 30.1 Å². The van der Waals surface area contributed by atoms with Gasteiger partial charge in [-0.25, -0.2) is 23.4 Å². The van der Waals surface area contributed by atoms with Gasteiger partial charge in [0.15, 0.2) is 10.8 Å². The monoisotopic (exact) mass is 625 g/mol. The molecule has 0 radical (unpaired) electrons. The van der Waals surface area contributed by atoms with E-state index in [9.17, 15) is 36.8 Å². The van der Waals surface area contributed by atoms with Crippen LogP contribution in [-0.4, -0.2) is 55.4 Å². The molecule has 1 aliphatic rings. The molecule has 1 fully saturated rings. The third-order valence-electron chi connectivity index (χ3n) is 6.74. The number of nitrogens with zero attached hydrogens (tertiary/aromatic N) is 5. The molecule has 1 amide bonds. The Balaban J connectivity index is 1.64. The number of rotatable bonds is 8. The number of carbonyl (C=O) groups excluding carboxylic acids is 2. The largest absolute Gasteiger partial charge is 0.444 e. The van der Waals surface area contributed by atoms with Gasteiger partial charge in [-0.1, -0.05) is 0 Å². The van der Waals surface area contributed by atoms with E-state index in [0.29, 0.717) is 0 Å². The molecule has 10 nitrogen and oxygen atoms in total. The Kier molecular flexibility index (Phi) is 9.08. The Labute approximate surface area is 247 Å². The molecule has 3 aromatic rings. The summed E-state index contributed by atoms with van der Waals surface area (Å²) in [5.74, 6) is -3.18. The fraction of sp³-hybridized carbons (Fsp3) is 0.519. The van der Waals surface area contributed by atoms with Crippen molar-refractivity contribution >= 4 is 34.2 Å². The van der Waals surface area contributed by atoms with Crippen LogP contribution in [0.15, 0.2) is 30.2 Å². The maximum atomic E-state index is 13.9. The quantitative estimate of drug-likeness (QED) is 0.230. The molecule has 2 N–H and O–H groups in total. The van der Waals surface area contributed by atoms with E-state index < -0.39 is 60.9 Å². The van der Waals surface area contributed by atoms with Crippen molar-refractivity contribution in [1.29, 1.82) is 5.26 Å². The average Bonchev–Trinajstić information content (AvgIpc) is 3.54. The van der Waals surface area contributed by atoms with E-state index in [1.165, 1.54) is 28.9 Å². The first-order valence-corrected chi connectivity index (χ1v) is 14.1. The van der Waals surface area contributed by atoms with Crippen LogP contribution in [0.25, 0.3) is 5.65 Å². The fourth-order valence-electron chi connectivity index (χ4n) is 4.81. The fourth-order valence-corrected chi connectivity index (χ4v) is 5.73. The maximum Gasteiger partial charge on any atom is 0.408 e. The molecule has 16 heteroatoms. The van der Waals surface area contributed by atoms with Crippen LogP contribution >= 0.6 is 11.3 Å². The van der Waals surface area contributed by atoms with Crippen molar-refractivity contribution in [3.05, 3.63) is 46.5 Å². The number of amides is 1. The summed E-state index contributed by atoms with van der Waals surface area (Å²) in [6.45, 7) is 4.89. The van der Waals surface area contributed by atoms with Crippen LogP contribution in [-0.2, 0) is 9.53 Å². The molecule has 3 heterocycles. The van der Waals surface area contributed by atoms with Gasteiger partial charge in [-0.05, 0) is 51.7 Å². The number of hydrogen-bond acceptors (Lipinski definition) is 9. The second-order valence-corrected chi connectivity index (χ2v) is 12.3. The summed E-state index contributed by atoms with van der Waals surface area (Å²) in [5, 5.41) is 22.4. The minimum atomic E-state index is -4.61. The summed E-state index contributed by atoms with van der Waals surface area (Å²) in [4.78, 5) is 29.0. The van der Waals surface area contributed by atoms with Gasteiger partial charge in [-0.2, -0.15) is 18.4 Å². The normalized spacial score (nSPS) is 17.0. The summed E-state index contributed by atoms with van der Waals surface area (Å²) >= 11 is 0.803. The number of hydrogen-bond donors (Lipinski definition) is 2. The molecule has 0 spiro atoms. The van der Waals surface area contributed by atoms with E-state index in [2.05, 4.69) is 25.8 Å². The zero-order valence-corrected chi connectivity index (χ0v) is 24.2. The van der Waals surface area contributed by atoms with Gasteiger partial charge in [0.05, 0.1) is 23.9 Å². The Morgan fingerprint density at radius 2 is 1.93 bits per heavy atom. The minimum Gasteiger partial charge on any atom is -0.444 e. The number of anilines is 1. The van der Waals surface area contributed by atoms with Crippen molar-refractivity contribution in [3.63, 3.8) is 0 Å². The molecule has 4 rings (SSSR count). The molecule has 2 atom stereocenters. The molecule has 1 aliphatic carbocycles. The van der Waals surface area contributed by atoms with Crippen LogP contribution < -0.4 is 10.6 Å². The van der Waals surface area contributed by atoms with E-state index in [-0.39, 0.29) is 45.6 Å². The first-order chi connectivity index (χ1) is 20.1. The van der Waals surface area contributed by atoms with Crippen LogP contribution in [0.5, 0.6) is 0 Å². The number of nitriles is 1. The highest BCUT2D eigenvalue weighted by atomic mass is 32.1. The standard InChI is InChI=1S/C27H28F5N7O3S/c1-25(2,3)42-24(41)36-21(16-6-8-26(28,29)9-7-16)18(14-40)35-23-34-12-19(43-23)17(10-27(30,31)32)22-38-37-20-5-4-15(11-33)13-39(20)22/h4-5,12-13,16-17,21H,6-10H2,1-3H3,(H,34,35)(H,36,41)/t17?,21-/m0/s1. The van der Waals surface area contributed by atoms with E-state index in [1.54, 1.807) is 26.7 Å². The zero-order valence-electron chi connectivity index (χ0n) is 23.3. The van der Waals surface area contributed by atoms with Crippen molar-refractivity contribution in [3.8, 4) is 6.07 Å². The lowest BCUT2D eigenvalue weighted by Gasteiger charge is -2.34. The molecule has 230 valence electrons. The number of thiazole rings is 1. The lowest BCUT2D eigenvalue weighted by Crippen LogP contribution is -2.47. The second-order valence-electron chi connectivity index (χ2n) is 11.2. The minimum absolute atomic E-state index is 0.00388. The zero-order chi connectivity index (χ0) is 31.6. The lowest BCUT2D eigenvalue weighted by atomic mass is 9.81. The number of halogens is 5. The van der Waals surface area contributed by atoms with E-state index >= 15 is 0 Å². The third-order valence-corrected chi connectivity index (χ3v) is 7.77. The van der Waals surface area contributed by atoms with E-state index in [1.807, 2.05) is 6.07 Å². The highest BCUT2D eigenvalue weighted by Crippen LogP contribution is 2.41. The number of carbonyl (C=O) groups is 1. The molecule has 0 saturated heterocycles. The van der Waals surface area contributed by atoms with E-state index in [0.717, 1.165) is 11.3 Å². The highest BCUT2D eigenvalue weighted by Gasteiger charge is 2.41. The van der Waals surface area contributed by atoms with Crippen LogP contribution in [0.4, 0.5) is 31.9 Å². The molecule has 3 aromatic heterocycles. The van der Waals surface area contributed by atoms with Crippen molar-refractivity contribution in [2.45, 2.75) is 82.5 Å². The number of alkyl carbamates (subject to hydrolysis) is 1. The number of aromatic nitrogens is 4. The number of nitrogens with one attached hydrogen (secondary N) is 2. The average molecular weight is 626 g/mol. The summed E-state index contributed by atoms with van der Waals surface area (Å²) in [6.07, 6.45) is -5.20. The van der Waals surface area contributed by atoms with Crippen molar-refractivity contribution in [1.82, 2.24) is 24.9 Å². The van der Waals surface area contributed by atoms with Crippen molar-refractivity contribution < 1.29 is 36.3 Å². The molecule has 0 bridgehead atoms. The predicted molar refractivity (Wildman–Crippen MR) is 145 cm³/mol. The first-order valence-electron chi connectivity index (χ1n) is 13.2. The van der Waals surface area contributed by atoms with Gasteiger partial charge in [-0.3, -0.25) is 4.40 Å². The molecule has 43 heavy (non-hydrogen) atoms. The van der Waals surface area contributed by atoms with Crippen LogP contribution in [0.1, 0.15) is 75.1 Å². The highest BCUT2D eigenvalue weighted by molar-refractivity contribution is 7.15. The van der Waals surface area contributed by atoms with Crippen LogP contribution in [0.3, 0.4) is 0 Å². The second kappa shape index (κ2) is 12.3. The molecule has 0 aliphatic heterocycles. The SMILES string of the molecule is CC(C)(C)OC(=O)N[C@H](C(=C=O)Nc1ncc(C(CC(F)(F)F)c2nnc3ccc(C#N)cn23)s1)C1CCC(F)(F)CC1. The van der Waals surface area contributed by atoms with E-state index in [4.69, 9.17) is 4.74 Å². The Hall–Kier alpha value is -4.09. The Morgan fingerprint density at radius 1 is 1.23 bits per heavy atom. The Bertz CT molecular complexity index is 1560.